The van der Waals surface area contributed by atoms with E-state index >= 15 is 0 Å². The molecule has 0 radical (unpaired) electrons. The molecule has 3 aliphatic carbocycles. The van der Waals surface area contributed by atoms with Gasteiger partial charge in [-0.1, -0.05) is 42.5 Å². The van der Waals surface area contributed by atoms with Crippen LogP contribution in [0.2, 0.25) is 0 Å². The molecule has 0 heterocycles. The van der Waals surface area contributed by atoms with Crippen molar-refractivity contribution in [3.8, 4) is 0 Å². The molecule has 0 aromatic heterocycles. The van der Waals surface area contributed by atoms with Crippen molar-refractivity contribution in [3.63, 3.8) is 0 Å². The molecular weight excluding hydrogens is 218 g/mol. The topological polar surface area (TPSA) is 12.0 Å². The molecule has 4 rings (SSSR count). The third-order valence-electron chi connectivity index (χ3n) is 5.08. The number of hydrogen-bond donors (Lipinski definition) is 1. The van der Waals surface area contributed by atoms with Crippen molar-refractivity contribution >= 4 is 0 Å². The molecule has 1 aromatic rings. The van der Waals surface area contributed by atoms with Crippen molar-refractivity contribution < 1.29 is 0 Å². The average molecular weight is 239 g/mol. The summed E-state index contributed by atoms with van der Waals surface area (Å²) in [6.45, 7) is 1.24. The summed E-state index contributed by atoms with van der Waals surface area (Å²) in [5, 5.41) is 3.80. The van der Waals surface area contributed by atoms with Crippen molar-refractivity contribution in [3.05, 3.63) is 48.0 Å². The van der Waals surface area contributed by atoms with Crippen molar-refractivity contribution in [2.45, 2.75) is 31.2 Å². The molecule has 94 valence electrons. The van der Waals surface area contributed by atoms with Crippen LogP contribution in [0.25, 0.3) is 0 Å². The summed E-state index contributed by atoms with van der Waals surface area (Å²) in [4.78, 5) is 0. The predicted octanol–water partition coefficient (Wildman–Crippen LogP) is 3.34. The fourth-order valence-electron chi connectivity index (χ4n) is 3.92. The second kappa shape index (κ2) is 4.24. The molecule has 5 atom stereocenters. The Hall–Kier alpha value is -1.08. The summed E-state index contributed by atoms with van der Waals surface area (Å²) >= 11 is 0. The molecule has 0 saturated heterocycles. The minimum absolute atomic E-state index is 0.746. The van der Waals surface area contributed by atoms with Crippen molar-refractivity contribution in [1.82, 2.24) is 5.32 Å². The van der Waals surface area contributed by atoms with Gasteiger partial charge in [0.1, 0.15) is 0 Å². The van der Waals surface area contributed by atoms with Gasteiger partial charge in [0.2, 0.25) is 0 Å². The Kier molecular flexibility index (Phi) is 2.54. The number of nitrogens with one attached hydrogen (secondary N) is 1. The molecule has 5 unspecified atom stereocenters. The number of hydrogen-bond acceptors (Lipinski definition) is 1. The third-order valence-corrected chi connectivity index (χ3v) is 5.08. The first kappa shape index (κ1) is 10.8. The van der Waals surface area contributed by atoms with Gasteiger partial charge in [0.15, 0.2) is 0 Å². The molecule has 1 nitrogen and oxygen atoms in total. The van der Waals surface area contributed by atoms with Crippen LogP contribution in [-0.2, 0) is 0 Å². The van der Waals surface area contributed by atoms with E-state index in [1.54, 1.807) is 0 Å². The number of fused-ring (bicyclic) bond motifs is 2. The molecule has 0 spiro atoms. The fraction of sp³-hybridized carbons (Fsp3) is 0.529. The van der Waals surface area contributed by atoms with E-state index in [4.69, 9.17) is 0 Å². The maximum Gasteiger partial charge on any atom is 0.0143 e. The van der Waals surface area contributed by atoms with E-state index in [9.17, 15) is 0 Å². The molecule has 1 heteroatoms. The highest BCUT2D eigenvalue weighted by Crippen LogP contribution is 2.44. The van der Waals surface area contributed by atoms with E-state index in [2.05, 4.69) is 47.8 Å². The Bertz CT molecular complexity index is 450. The van der Waals surface area contributed by atoms with E-state index in [1.807, 2.05) is 0 Å². The monoisotopic (exact) mass is 239 g/mol. The lowest BCUT2D eigenvalue weighted by Gasteiger charge is -2.18. The standard InChI is InChI=1S/C17H21N/c1-2-4-13(5-3-1)16-10-17(16)18-11-15-9-12-6-7-14(15)8-12/h1-7,12,14-18H,8-11H2. The quantitative estimate of drug-likeness (QED) is 0.795. The zero-order valence-electron chi connectivity index (χ0n) is 10.8. The summed E-state index contributed by atoms with van der Waals surface area (Å²) in [6, 6.07) is 11.7. The zero-order chi connectivity index (χ0) is 11.9. The fourth-order valence-corrected chi connectivity index (χ4v) is 3.92. The molecule has 18 heavy (non-hydrogen) atoms. The van der Waals surface area contributed by atoms with E-state index in [0.717, 1.165) is 29.7 Å². The van der Waals surface area contributed by atoms with E-state index < -0.39 is 0 Å². The second-order valence-corrected chi connectivity index (χ2v) is 6.31. The highest BCUT2D eigenvalue weighted by atomic mass is 15.0. The van der Waals surface area contributed by atoms with Crippen molar-refractivity contribution in [2.75, 3.05) is 6.54 Å². The Morgan fingerprint density at radius 3 is 2.61 bits per heavy atom. The van der Waals surface area contributed by atoms with Gasteiger partial charge in [0.25, 0.3) is 0 Å². The van der Waals surface area contributed by atoms with Crippen LogP contribution < -0.4 is 5.32 Å². The molecular formula is C17H21N. The van der Waals surface area contributed by atoms with Gasteiger partial charge in [-0.25, -0.2) is 0 Å². The van der Waals surface area contributed by atoms with Gasteiger partial charge in [-0.3, -0.25) is 0 Å². The lowest BCUT2D eigenvalue weighted by Crippen LogP contribution is -2.27. The minimum Gasteiger partial charge on any atom is -0.313 e. The average Bonchev–Trinajstić information content (AvgIpc) is 2.89. The van der Waals surface area contributed by atoms with Crippen LogP contribution in [0.3, 0.4) is 0 Å². The number of allylic oxidation sites excluding steroid dienone is 2. The zero-order valence-corrected chi connectivity index (χ0v) is 10.8. The largest absolute Gasteiger partial charge is 0.313 e. The maximum atomic E-state index is 3.80. The Morgan fingerprint density at radius 1 is 1.00 bits per heavy atom. The Balaban J connectivity index is 1.29. The lowest BCUT2D eigenvalue weighted by atomic mass is 9.93. The van der Waals surface area contributed by atoms with E-state index in [1.165, 1.54) is 31.4 Å². The first-order valence-electron chi connectivity index (χ1n) is 7.37. The van der Waals surface area contributed by atoms with Crippen LogP contribution in [0.1, 0.15) is 30.7 Å². The number of benzene rings is 1. The van der Waals surface area contributed by atoms with Gasteiger partial charge in [-0.15, -0.1) is 0 Å². The predicted molar refractivity (Wildman–Crippen MR) is 74.4 cm³/mol. The second-order valence-electron chi connectivity index (χ2n) is 6.31. The molecule has 2 bridgehead atoms. The summed E-state index contributed by atoms with van der Waals surface area (Å²) in [5.41, 5.74) is 1.52. The van der Waals surface area contributed by atoms with Gasteiger partial charge in [-0.05, 0) is 49.1 Å². The molecule has 2 saturated carbocycles. The molecule has 0 amide bonds. The molecule has 2 fully saturated rings. The molecule has 3 aliphatic rings. The van der Waals surface area contributed by atoms with Crippen LogP contribution in [0.5, 0.6) is 0 Å². The highest BCUT2D eigenvalue weighted by Gasteiger charge is 2.40. The van der Waals surface area contributed by atoms with Crippen LogP contribution >= 0.6 is 0 Å². The summed E-state index contributed by atoms with van der Waals surface area (Å²) in [6.07, 6.45) is 9.09. The highest BCUT2D eigenvalue weighted by molar-refractivity contribution is 5.27. The molecule has 0 aliphatic heterocycles. The first-order chi connectivity index (χ1) is 8.90. The van der Waals surface area contributed by atoms with Gasteiger partial charge < -0.3 is 5.32 Å². The van der Waals surface area contributed by atoms with Gasteiger partial charge >= 0.3 is 0 Å². The smallest absolute Gasteiger partial charge is 0.0143 e. The van der Waals surface area contributed by atoms with Crippen LogP contribution in [0.15, 0.2) is 42.5 Å². The van der Waals surface area contributed by atoms with Crippen LogP contribution in [0, 0.1) is 17.8 Å². The summed E-state index contributed by atoms with van der Waals surface area (Å²) < 4.78 is 0. The Morgan fingerprint density at radius 2 is 1.89 bits per heavy atom. The maximum absolute atomic E-state index is 3.80. The van der Waals surface area contributed by atoms with Gasteiger partial charge in [0, 0.05) is 12.0 Å². The molecule has 1 N–H and O–H groups in total. The summed E-state index contributed by atoms with van der Waals surface area (Å²) in [7, 11) is 0. The van der Waals surface area contributed by atoms with Crippen molar-refractivity contribution in [1.29, 1.82) is 0 Å². The number of rotatable bonds is 4. The van der Waals surface area contributed by atoms with Crippen LogP contribution in [-0.4, -0.2) is 12.6 Å². The summed E-state index contributed by atoms with van der Waals surface area (Å²) in [5.74, 6) is 3.49. The minimum atomic E-state index is 0.746. The van der Waals surface area contributed by atoms with Gasteiger partial charge in [-0.2, -0.15) is 0 Å². The third kappa shape index (κ3) is 1.91. The van der Waals surface area contributed by atoms with Crippen LogP contribution in [0.4, 0.5) is 0 Å². The SMILES string of the molecule is C1=CC2CC1CC2CNC1CC1c1ccccc1. The first-order valence-corrected chi connectivity index (χ1v) is 7.37. The van der Waals surface area contributed by atoms with Gasteiger partial charge in [0.05, 0.1) is 0 Å². The van der Waals surface area contributed by atoms with Crippen molar-refractivity contribution in [2.24, 2.45) is 17.8 Å². The van der Waals surface area contributed by atoms with E-state index in [-0.39, 0.29) is 0 Å². The van der Waals surface area contributed by atoms with E-state index in [0.29, 0.717) is 0 Å². The lowest BCUT2D eigenvalue weighted by molar-refractivity contribution is 0.412. The Labute approximate surface area is 109 Å². The molecule has 1 aromatic carbocycles. The normalized spacial score (nSPS) is 40.3.